The highest BCUT2D eigenvalue weighted by Crippen LogP contribution is 2.30. The van der Waals surface area contributed by atoms with Gasteiger partial charge in [-0.05, 0) is 39.3 Å². The van der Waals surface area contributed by atoms with Gasteiger partial charge in [0.15, 0.2) is 0 Å². The molecule has 0 heterocycles. The van der Waals surface area contributed by atoms with Crippen molar-refractivity contribution in [1.29, 1.82) is 0 Å². The second-order valence-electron chi connectivity index (χ2n) is 5.06. The molecule has 0 aliphatic heterocycles. The van der Waals surface area contributed by atoms with Crippen LogP contribution >= 0.6 is 0 Å². The molecule has 0 bridgehead atoms. The first kappa shape index (κ1) is 14.9. The lowest BCUT2D eigenvalue weighted by Crippen LogP contribution is -2.55. The van der Waals surface area contributed by atoms with Gasteiger partial charge in [-0.25, -0.2) is 0 Å². The van der Waals surface area contributed by atoms with E-state index in [1.165, 1.54) is 12.8 Å². The Kier molecular flexibility index (Phi) is 6.41. The van der Waals surface area contributed by atoms with Crippen LogP contribution in [0.2, 0.25) is 0 Å². The summed E-state index contributed by atoms with van der Waals surface area (Å²) in [6.07, 6.45) is 4.55. The van der Waals surface area contributed by atoms with Crippen molar-refractivity contribution >= 4 is 0 Å². The van der Waals surface area contributed by atoms with Gasteiger partial charge in [-0.15, -0.1) is 0 Å². The summed E-state index contributed by atoms with van der Waals surface area (Å²) in [4.78, 5) is 2.48. The molecule has 4 heteroatoms. The highest BCUT2D eigenvalue weighted by molar-refractivity contribution is 4.95. The molecule has 0 amide bonds. The third kappa shape index (κ3) is 3.91. The molecule has 0 radical (unpaired) electrons. The smallest absolute Gasteiger partial charge is 0.0613 e. The molecule has 0 aromatic rings. The first-order chi connectivity index (χ1) is 8.21. The third-order valence-corrected chi connectivity index (χ3v) is 4.16. The number of hydrogen-bond acceptors (Lipinski definition) is 4. The molecule has 0 aromatic carbocycles. The van der Waals surface area contributed by atoms with Crippen molar-refractivity contribution in [3.63, 3.8) is 0 Å². The molecule has 102 valence electrons. The van der Waals surface area contributed by atoms with Gasteiger partial charge in [-0.3, -0.25) is 4.90 Å². The number of methoxy groups -OCH3 is 1. The van der Waals surface area contributed by atoms with E-state index in [1.54, 1.807) is 7.11 Å². The third-order valence-electron chi connectivity index (χ3n) is 4.16. The van der Waals surface area contributed by atoms with Gasteiger partial charge >= 0.3 is 0 Å². The van der Waals surface area contributed by atoms with Gasteiger partial charge in [0, 0.05) is 25.2 Å². The highest BCUT2D eigenvalue weighted by Gasteiger charge is 2.36. The Bertz CT molecular complexity index is 208. The van der Waals surface area contributed by atoms with Crippen molar-refractivity contribution in [2.75, 3.05) is 40.5 Å². The van der Waals surface area contributed by atoms with Gasteiger partial charge in [0.2, 0.25) is 0 Å². The molecule has 0 aromatic heterocycles. The summed E-state index contributed by atoms with van der Waals surface area (Å²) >= 11 is 0. The SMILES string of the molecule is CCN(CCOC)C1CCCC(CO)(NC)C1. The molecule has 2 atom stereocenters. The number of nitrogens with zero attached hydrogens (tertiary/aromatic N) is 1. The lowest BCUT2D eigenvalue weighted by molar-refractivity contribution is 0.0520. The Balaban J connectivity index is 2.57. The van der Waals surface area contributed by atoms with E-state index in [-0.39, 0.29) is 12.1 Å². The molecule has 0 spiro atoms. The number of nitrogens with one attached hydrogen (secondary N) is 1. The largest absolute Gasteiger partial charge is 0.394 e. The van der Waals surface area contributed by atoms with E-state index in [9.17, 15) is 5.11 Å². The number of aliphatic hydroxyl groups is 1. The van der Waals surface area contributed by atoms with Crippen LogP contribution in [0, 0.1) is 0 Å². The Morgan fingerprint density at radius 3 is 2.82 bits per heavy atom. The summed E-state index contributed by atoms with van der Waals surface area (Å²) < 4.78 is 5.16. The van der Waals surface area contributed by atoms with Crippen molar-refractivity contribution in [2.24, 2.45) is 0 Å². The lowest BCUT2D eigenvalue weighted by Gasteiger charge is -2.43. The van der Waals surface area contributed by atoms with Gasteiger partial charge in [0.25, 0.3) is 0 Å². The summed E-state index contributed by atoms with van der Waals surface area (Å²) in [5.74, 6) is 0. The van der Waals surface area contributed by atoms with E-state index in [2.05, 4.69) is 17.1 Å². The van der Waals surface area contributed by atoms with E-state index in [0.29, 0.717) is 6.04 Å². The van der Waals surface area contributed by atoms with E-state index in [1.807, 2.05) is 7.05 Å². The van der Waals surface area contributed by atoms with Crippen LogP contribution in [0.25, 0.3) is 0 Å². The molecule has 0 saturated heterocycles. The van der Waals surface area contributed by atoms with E-state index < -0.39 is 0 Å². The summed E-state index contributed by atoms with van der Waals surface area (Å²) in [5.41, 5.74) is -0.0661. The fourth-order valence-corrected chi connectivity index (χ4v) is 2.90. The zero-order valence-electron chi connectivity index (χ0n) is 11.5. The quantitative estimate of drug-likeness (QED) is 0.697. The monoisotopic (exact) mass is 244 g/mol. The topological polar surface area (TPSA) is 44.7 Å². The molecule has 17 heavy (non-hydrogen) atoms. The van der Waals surface area contributed by atoms with Crippen LogP contribution in [0.3, 0.4) is 0 Å². The minimum absolute atomic E-state index is 0.0661. The molecular formula is C13H28N2O2. The van der Waals surface area contributed by atoms with E-state index in [4.69, 9.17) is 4.74 Å². The standard InChI is InChI=1S/C13H28N2O2/c1-4-15(8-9-17-3)12-6-5-7-13(10-12,11-16)14-2/h12,14,16H,4-11H2,1-3H3. The van der Waals surface area contributed by atoms with Gasteiger partial charge in [0.05, 0.1) is 13.2 Å². The molecule has 1 aliphatic rings. The first-order valence-electron chi connectivity index (χ1n) is 6.74. The molecular weight excluding hydrogens is 216 g/mol. The number of aliphatic hydroxyl groups excluding tert-OH is 1. The second kappa shape index (κ2) is 7.31. The van der Waals surface area contributed by atoms with Crippen LogP contribution < -0.4 is 5.32 Å². The Labute approximate surface area is 105 Å². The van der Waals surface area contributed by atoms with E-state index in [0.717, 1.165) is 32.5 Å². The second-order valence-corrected chi connectivity index (χ2v) is 5.06. The van der Waals surface area contributed by atoms with Crippen LogP contribution in [0.1, 0.15) is 32.6 Å². The van der Waals surface area contributed by atoms with Crippen molar-refractivity contribution < 1.29 is 9.84 Å². The highest BCUT2D eigenvalue weighted by atomic mass is 16.5. The summed E-state index contributed by atoms with van der Waals surface area (Å²) in [5, 5.41) is 12.9. The predicted molar refractivity (Wildman–Crippen MR) is 70.3 cm³/mol. The minimum atomic E-state index is -0.0661. The van der Waals surface area contributed by atoms with Crippen molar-refractivity contribution in [3.8, 4) is 0 Å². The van der Waals surface area contributed by atoms with E-state index >= 15 is 0 Å². The van der Waals surface area contributed by atoms with Gasteiger partial charge in [-0.2, -0.15) is 0 Å². The number of ether oxygens (including phenoxy) is 1. The first-order valence-corrected chi connectivity index (χ1v) is 6.74. The maximum Gasteiger partial charge on any atom is 0.0613 e. The van der Waals surface area contributed by atoms with Crippen LogP contribution in [0.4, 0.5) is 0 Å². The summed E-state index contributed by atoms with van der Waals surface area (Å²) in [6, 6.07) is 0.573. The Morgan fingerprint density at radius 2 is 2.29 bits per heavy atom. The number of hydrogen-bond donors (Lipinski definition) is 2. The van der Waals surface area contributed by atoms with Gasteiger partial charge in [-0.1, -0.05) is 6.92 Å². The fourth-order valence-electron chi connectivity index (χ4n) is 2.90. The molecule has 1 saturated carbocycles. The minimum Gasteiger partial charge on any atom is -0.394 e. The van der Waals surface area contributed by atoms with Crippen molar-refractivity contribution in [2.45, 2.75) is 44.2 Å². The Morgan fingerprint density at radius 1 is 1.53 bits per heavy atom. The van der Waals surface area contributed by atoms with Crippen molar-refractivity contribution in [3.05, 3.63) is 0 Å². The Hall–Kier alpha value is -0.160. The molecule has 1 fully saturated rings. The number of rotatable bonds is 7. The molecule has 1 rings (SSSR count). The summed E-state index contributed by atoms with van der Waals surface area (Å²) in [6.45, 7) is 5.27. The zero-order valence-corrected chi connectivity index (χ0v) is 11.5. The lowest BCUT2D eigenvalue weighted by atomic mass is 9.79. The van der Waals surface area contributed by atoms with Crippen LogP contribution in [0.5, 0.6) is 0 Å². The van der Waals surface area contributed by atoms with Crippen LogP contribution in [-0.4, -0.2) is 62.0 Å². The van der Waals surface area contributed by atoms with Gasteiger partial charge in [0.1, 0.15) is 0 Å². The number of likely N-dealkylation sites (N-methyl/N-ethyl adjacent to an activating group) is 2. The van der Waals surface area contributed by atoms with Crippen LogP contribution in [-0.2, 0) is 4.74 Å². The summed E-state index contributed by atoms with van der Waals surface area (Å²) in [7, 11) is 3.71. The maximum absolute atomic E-state index is 9.58. The van der Waals surface area contributed by atoms with Crippen molar-refractivity contribution in [1.82, 2.24) is 10.2 Å². The molecule has 4 nitrogen and oxygen atoms in total. The average molecular weight is 244 g/mol. The predicted octanol–water partition coefficient (Wildman–Crippen LogP) is 0.848. The molecule has 2 N–H and O–H groups in total. The average Bonchev–Trinajstić information content (AvgIpc) is 2.40. The fraction of sp³-hybridized carbons (Fsp3) is 1.00. The zero-order chi connectivity index (χ0) is 12.7. The van der Waals surface area contributed by atoms with Gasteiger partial charge < -0.3 is 15.2 Å². The molecule has 1 aliphatic carbocycles. The van der Waals surface area contributed by atoms with Crippen LogP contribution in [0.15, 0.2) is 0 Å². The molecule has 2 unspecified atom stereocenters. The normalized spacial score (nSPS) is 29.8. The maximum atomic E-state index is 9.58.